The molecule has 0 radical (unpaired) electrons. The minimum Gasteiger partial charge on any atom is -0.480 e. The third-order valence-electron chi connectivity index (χ3n) is 1.83. The fraction of sp³-hybridized carbons (Fsp3) is 0.100. The Bertz CT molecular complexity index is 441. The molecule has 0 aliphatic rings. The number of carbonyl (C=O) groups is 3. The second-order valence-corrected chi connectivity index (χ2v) is 3.14. The van der Waals surface area contributed by atoms with E-state index in [1.54, 1.807) is 0 Å². The molecule has 0 fully saturated rings. The number of rotatable bonds is 4. The maximum Gasteiger partial charge on any atom is 0.323 e. The number of carboxylic acids is 1. The molecule has 0 unspecified atom stereocenters. The number of carbonyl (C=O) groups excluding carboxylic acids is 2. The zero-order valence-electron chi connectivity index (χ0n) is 8.77. The molecule has 0 atom stereocenters. The largest absolute Gasteiger partial charge is 0.480 e. The number of anilines is 1. The Hall–Kier alpha value is -2.57. The number of amides is 3. The van der Waals surface area contributed by atoms with Gasteiger partial charge in [-0.1, -0.05) is 0 Å². The summed E-state index contributed by atoms with van der Waals surface area (Å²) in [5.41, 5.74) is 5.79. The molecule has 1 aromatic rings. The molecule has 7 nitrogen and oxygen atoms in total. The Balaban J connectivity index is 2.54. The van der Waals surface area contributed by atoms with Gasteiger partial charge in [-0.05, 0) is 24.3 Å². The number of hydrogen-bond acceptors (Lipinski definition) is 3. The van der Waals surface area contributed by atoms with Gasteiger partial charge in [0.1, 0.15) is 6.54 Å². The van der Waals surface area contributed by atoms with Gasteiger partial charge in [0.25, 0.3) is 0 Å². The SMILES string of the molecule is NC(=O)c1ccc(NC(=O)NCC(=O)O)cc1. The van der Waals surface area contributed by atoms with Gasteiger partial charge in [-0.3, -0.25) is 9.59 Å². The van der Waals surface area contributed by atoms with Crippen molar-refractivity contribution in [2.24, 2.45) is 5.73 Å². The van der Waals surface area contributed by atoms with E-state index >= 15 is 0 Å². The molecule has 0 heterocycles. The van der Waals surface area contributed by atoms with E-state index < -0.39 is 24.5 Å². The van der Waals surface area contributed by atoms with E-state index in [0.717, 1.165) is 0 Å². The highest BCUT2D eigenvalue weighted by molar-refractivity contribution is 5.94. The molecule has 1 aromatic carbocycles. The topological polar surface area (TPSA) is 122 Å². The number of nitrogens with one attached hydrogen (secondary N) is 2. The fourth-order valence-electron chi connectivity index (χ4n) is 1.05. The third-order valence-corrected chi connectivity index (χ3v) is 1.83. The molecule has 0 bridgehead atoms. The minimum absolute atomic E-state index is 0.321. The molecule has 0 aliphatic carbocycles. The van der Waals surface area contributed by atoms with Gasteiger partial charge in [-0.25, -0.2) is 4.79 Å². The normalized spacial score (nSPS) is 9.41. The number of urea groups is 1. The van der Waals surface area contributed by atoms with Gasteiger partial charge in [0.05, 0.1) is 0 Å². The average Bonchev–Trinajstić information content (AvgIpc) is 2.27. The van der Waals surface area contributed by atoms with Crippen molar-refractivity contribution in [1.82, 2.24) is 5.32 Å². The molecule has 5 N–H and O–H groups in total. The summed E-state index contributed by atoms with van der Waals surface area (Å²) in [6.07, 6.45) is 0. The molecular formula is C10H11N3O4. The lowest BCUT2D eigenvalue weighted by Gasteiger charge is -2.05. The van der Waals surface area contributed by atoms with Crippen LogP contribution in [0.4, 0.5) is 10.5 Å². The van der Waals surface area contributed by atoms with Gasteiger partial charge < -0.3 is 21.5 Å². The smallest absolute Gasteiger partial charge is 0.323 e. The zero-order chi connectivity index (χ0) is 12.8. The highest BCUT2D eigenvalue weighted by Gasteiger charge is 2.04. The minimum atomic E-state index is -1.13. The first kappa shape index (κ1) is 12.5. The summed E-state index contributed by atoms with van der Waals surface area (Å²) >= 11 is 0. The number of aliphatic carboxylic acids is 1. The van der Waals surface area contributed by atoms with E-state index in [9.17, 15) is 14.4 Å². The number of benzene rings is 1. The van der Waals surface area contributed by atoms with Gasteiger partial charge in [0, 0.05) is 11.3 Å². The number of primary amides is 1. The van der Waals surface area contributed by atoms with Crippen molar-refractivity contribution in [1.29, 1.82) is 0 Å². The zero-order valence-corrected chi connectivity index (χ0v) is 8.77. The van der Waals surface area contributed by atoms with Crippen LogP contribution in [0.15, 0.2) is 24.3 Å². The monoisotopic (exact) mass is 237 g/mol. The van der Waals surface area contributed by atoms with Crippen LogP contribution in [-0.2, 0) is 4.79 Å². The average molecular weight is 237 g/mol. The molecule has 0 spiro atoms. The van der Waals surface area contributed by atoms with Crippen LogP contribution in [0.25, 0.3) is 0 Å². The molecule has 7 heteroatoms. The molecule has 0 aromatic heterocycles. The van der Waals surface area contributed by atoms with Gasteiger partial charge in [0.2, 0.25) is 5.91 Å². The quantitative estimate of drug-likeness (QED) is 0.588. The lowest BCUT2D eigenvalue weighted by atomic mass is 10.2. The molecule has 17 heavy (non-hydrogen) atoms. The fourth-order valence-corrected chi connectivity index (χ4v) is 1.05. The van der Waals surface area contributed by atoms with Crippen molar-refractivity contribution in [2.75, 3.05) is 11.9 Å². The number of nitrogens with two attached hydrogens (primary N) is 1. The third kappa shape index (κ3) is 4.20. The van der Waals surface area contributed by atoms with E-state index in [1.165, 1.54) is 24.3 Å². The first-order valence-corrected chi connectivity index (χ1v) is 4.65. The highest BCUT2D eigenvalue weighted by Crippen LogP contribution is 2.08. The summed E-state index contributed by atoms with van der Waals surface area (Å²) in [5.74, 6) is -1.70. The molecule has 0 saturated carbocycles. The highest BCUT2D eigenvalue weighted by atomic mass is 16.4. The predicted octanol–water partition coefficient (Wildman–Crippen LogP) is -0.00840. The molecule has 1 rings (SSSR count). The summed E-state index contributed by atoms with van der Waals surface area (Å²) in [6.45, 7) is -0.467. The van der Waals surface area contributed by atoms with Crippen molar-refractivity contribution in [3.63, 3.8) is 0 Å². The van der Waals surface area contributed by atoms with Gasteiger partial charge >= 0.3 is 12.0 Å². The molecule has 0 aliphatic heterocycles. The Morgan fingerprint density at radius 3 is 2.24 bits per heavy atom. The summed E-state index contributed by atoms with van der Waals surface area (Å²) < 4.78 is 0. The van der Waals surface area contributed by atoms with Crippen LogP contribution in [-0.4, -0.2) is 29.6 Å². The van der Waals surface area contributed by atoms with Crippen LogP contribution in [0.2, 0.25) is 0 Å². The number of carboxylic acid groups (broad SMARTS) is 1. The lowest BCUT2D eigenvalue weighted by Crippen LogP contribution is -2.33. The lowest BCUT2D eigenvalue weighted by molar-refractivity contribution is -0.135. The van der Waals surface area contributed by atoms with Crippen LogP contribution in [0.1, 0.15) is 10.4 Å². The Kier molecular flexibility index (Phi) is 4.04. The molecule has 90 valence electrons. The predicted molar refractivity (Wildman–Crippen MR) is 59.6 cm³/mol. The van der Waals surface area contributed by atoms with Crippen molar-refractivity contribution in [3.05, 3.63) is 29.8 Å². The van der Waals surface area contributed by atoms with Crippen LogP contribution in [0.3, 0.4) is 0 Å². The molecule has 0 saturated heterocycles. The second kappa shape index (κ2) is 5.50. The second-order valence-electron chi connectivity index (χ2n) is 3.14. The van der Waals surface area contributed by atoms with E-state index in [-0.39, 0.29) is 0 Å². The van der Waals surface area contributed by atoms with Crippen molar-refractivity contribution in [2.45, 2.75) is 0 Å². The molecular weight excluding hydrogens is 226 g/mol. The van der Waals surface area contributed by atoms with Crippen molar-refractivity contribution >= 4 is 23.6 Å². The van der Waals surface area contributed by atoms with E-state index in [2.05, 4.69) is 10.6 Å². The van der Waals surface area contributed by atoms with Crippen molar-refractivity contribution in [3.8, 4) is 0 Å². The van der Waals surface area contributed by atoms with Gasteiger partial charge in [0.15, 0.2) is 0 Å². The molecule has 3 amide bonds. The summed E-state index contributed by atoms with van der Waals surface area (Å²) in [7, 11) is 0. The van der Waals surface area contributed by atoms with Gasteiger partial charge in [-0.15, -0.1) is 0 Å². The van der Waals surface area contributed by atoms with E-state index in [1.807, 2.05) is 0 Å². The Labute approximate surface area is 96.6 Å². The summed E-state index contributed by atoms with van der Waals surface area (Å²) in [5, 5.41) is 12.9. The maximum absolute atomic E-state index is 11.2. The van der Waals surface area contributed by atoms with Crippen LogP contribution < -0.4 is 16.4 Å². The number of hydrogen-bond donors (Lipinski definition) is 4. The standard InChI is InChI=1S/C10H11N3O4/c11-9(16)6-1-3-7(4-2-6)13-10(17)12-5-8(14)15/h1-4H,5H2,(H2,11,16)(H,14,15)(H2,12,13,17). The van der Waals surface area contributed by atoms with Crippen LogP contribution in [0.5, 0.6) is 0 Å². The maximum atomic E-state index is 11.2. The van der Waals surface area contributed by atoms with Crippen molar-refractivity contribution < 1.29 is 19.5 Å². The summed E-state index contributed by atoms with van der Waals surface area (Å²) in [6, 6.07) is 5.24. The first-order valence-electron chi connectivity index (χ1n) is 4.65. The summed E-state index contributed by atoms with van der Waals surface area (Å²) in [4.78, 5) is 32.1. The van der Waals surface area contributed by atoms with E-state index in [4.69, 9.17) is 10.8 Å². The Morgan fingerprint density at radius 1 is 1.18 bits per heavy atom. The first-order chi connectivity index (χ1) is 7.99. The van der Waals surface area contributed by atoms with Gasteiger partial charge in [-0.2, -0.15) is 0 Å². The Morgan fingerprint density at radius 2 is 1.76 bits per heavy atom. The van der Waals surface area contributed by atoms with Crippen LogP contribution >= 0.6 is 0 Å². The van der Waals surface area contributed by atoms with Crippen LogP contribution in [0, 0.1) is 0 Å². The van der Waals surface area contributed by atoms with E-state index in [0.29, 0.717) is 11.3 Å².